The Morgan fingerprint density at radius 3 is 2.24 bits per heavy atom. The Hall–Kier alpha value is -1.08. The van der Waals surface area contributed by atoms with Crippen LogP contribution in [0.1, 0.15) is 39.5 Å². The maximum absolute atomic E-state index is 12.3. The monoisotopic (exact) mass is 237 g/mol. The Bertz CT molecular complexity index is 290. The van der Waals surface area contributed by atoms with Crippen LogP contribution in [0.25, 0.3) is 0 Å². The summed E-state index contributed by atoms with van der Waals surface area (Å²) in [6.07, 6.45) is 4.66. The fourth-order valence-electron chi connectivity index (χ4n) is 2.16. The highest BCUT2D eigenvalue weighted by atomic mass is 16.2. The first-order valence-electron chi connectivity index (χ1n) is 6.48. The zero-order valence-electron chi connectivity index (χ0n) is 11.1. The van der Waals surface area contributed by atoms with Crippen LogP contribution in [0.4, 0.5) is 0 Å². The fraction of sp³-hybridized carbons (Fsp3) is 0.846. The number of carbonyl (C=O) groups excluding carboxylic acids is 1. The Balaban J connectivity index is 2.58. The predicted octanol–water partition coefficient (Wildman–Crippen LogP) is 1.62. The van der Waals surface area contributed by atoms with Crippen LogP contribution in [0.15, 0.2) is 0 Å². The van der Waals surface area contributed by atoms with E-state index in [4.69, 9.17) is 5.26 Å². The first kappa shape index (κ1) is 14.0. The summed E-state index contributed by atoms with van der Waals surface area (Å²) in [5, 5.41) is 8.87. The molecule has 1 aliphatic heterocycles. The first-order chi connectivity index (χ1) is 8.07. The van der Waals surface area contributed by atoms with Gasteiger partial charge in [-0.1, -0.05) is 12.8 Å². The first-order valence-corrected chi connectivity index (χ1v) is 6.48. The van der Waals surface area contributed by atoms with E-state index in [1.165, 1.54) is 12.8 Å². The summed E-state index contributed by atoms with van der Waals surface area (Å²) >= 11 is 0. The fourth-order valence-corrected chi connectivity index (χ4v) is 2.16. The van der Waals surface area contributed by atoms with E-state index in [0.29, 0.717) is 0 Å². The number of hydrogen-bond acceptors (Lipinski definition) is 3. The van der Waals surface area contributed by atoms with E-state index in [1.807, 2.05) is 30.7 Å². The van der Waals surface area contributed by atoms with Gasteiger partial charge in [-0.3, -0.25) is 9.69 Å². The van der Waals surface area contributed by atoms with Crippen LogP contribution in [0.3, 0.4) is 0 Å². The normalized spacial score (nSPS) is 20.5. The molecule has 0 N–H and O–H groups in total. The summed E-state index contributed by atoms with van der Waals surface area (Å²) in [7, 11) is 1.84. The summed E-state index contributed by atoms with van der Waals surface area (Å²) in [4.78, 5) is 16.1. The minimum atomic E-state index is -0.221. The highest BCUT2D eigenvalue weighted by molar-refractivity contribution is 5.81. The van der Waals surface area contributed by atoms with Crippen LogP contribution in [0, 0.1) is 11.3 Å². The third-order valence-corrected chi connectivity index (χ3v) is 3.68. The molecule has 0 bridgehead atoms. The van der Waals surface area contributed by atoms with E-state index >= 15 is 0 Å². The number of hydrogen-bond donors (Lipinski definition) is 0. The molecule has 1 rings (SSSR count). The lowest BCUT2D eigenvalue weighted by Gasteiger charge is -2.30. The van der Waals surface area contributed by atoms with E-state index in [9.17, 15) is 4.79 Å². The third-order valence-electron chi connectivity index (χ3n) is 3.68. The number of rotatable bonds is 3. The molecule has 1 fully saturated rings. The van der Waals surface area contributed by atoms with E-state index < -0.39 is 0 Å². The van der Waals surface area contributed by atoms with E-state index in [1.54, 1.807) is 0 Å². The number of nitriles is 1. The molecule has 4 nitrogen and oxygen atoms in total. The standard InChI is InChI=1S/C13H23N3O/c1-11(10-14)15(3)12(2)13(17)16-8-6-4-5-7-9-16/h11-12H,4-9H2,1-3H3. The summed E-state index contributed by atoms with van der Waals surface area (Å²) in [6, 6.07) is 1.74. The number of amides is 1. The van der Waals surface area contributed by atoms with Crippen LogP contribution >= 0.6 is 0 Å². The van der Waals surface area contributed by atoms with Crippen molar-refractivity contribution in [3.63, 3.8) is 0 Å². The lowest BCUT2D eigenvalue weighted by molar-refractivity contribution is -0.136. The average molecular weight is 237 g/mol. The van der Waals surface area contributed by atoms with Crippen molar-refractivity contribution in [1.82, 2.24) is 9.80 Å². The van der Waals surface area contributed by atoms with Gasteiger partial charge in [0.2, 0.25) is 5.91 Å². The van der Waals surface area contributed by atoms with Crippen LogP contribution in [0.2, 0.25) is 0 Å². The summed E-state index contributed by atoms with van der Waals surface area (Å²) < 4.78 is 0. The van der Waals surface area contributed by atoms with Crippen molar-refractivity contribution in [3.05, 3.63) is 0 Å². The lowest BCUT2D eigenvalue weighted by atomic mass is 10.2. The zero-order valence-corrected chi connectivity index (χ0v) is 11.1. The van der Waals surface area contributed by atoms with Gasteiger partial charge in [-0.2, -0.15) is 5.26 Å². The summed E-state index contributed by atoms with van der Waals surface area (Å²) in [5.41, 5.74) is 0. The number of likely N-dealkylation sites (tertiary alicyclic amines) is 1. The highest BCUT2D eigenvalue weighted by Crippen LogP contribution is 2.13. The SMILES string of the molecule is CC(C#N)N(C)C(C)C(=O)N1CCCCCC1. The van der Waals surface area contributed by atoms with Gasteiger partial charge in [0.15, 0.2) is 0 Å². The molecule has 0 aromatic rings. The molecule has 1 aliphatic rings. The zero-order chi connectivity index (χ0) is 12.8. The minimum absolute atomic E-state index is 0.163. The van der Waals surface area contributed by atoms with E-state index in [2.05, 4.69) is 6.07 Å². The number of likely N-dealkylation sites (N-methyl/N-ethyl adjacent to an activating group) is 1. The van der Waals surface area contributed by atoms with Crippen LogP contribution in [-0.2, 0) is 4.79 Å². The second-order valence-corrected chi connectivity index (χ2v) is 4.89. The van der Waals surface area contributed by atoms with Crippen molar-refractivity contribution >= 4 is 5.91 Å². The van der Waals surface area contributed by atoms with Crippen LogP contribution < -0.4 is 0 Å². The molecule has 96 valence electrons. The Morgan fingerprint density at radius 1 is 1.24 bits per heavy atom. The van der Waals surface area contributed by atoms with Gasteiger partial charge in [-0.15, -0.1) is 0 Å². The van der Waals surface area contributed by atoms with E-state index in [-0.39, 0.29) is 18.0 Å². The number of nitrogens with zero attached hydrogens (tertiary/aromatic N) is 3. The van der Waals surface area contributed by atoms with Gasteiger partial charge in [0, 0.05) is 13.1 Å². The molecule has 0 aromatic heterocycles. The Kier molecular flexibility index (Phi) is 5.43. The Labute approximate surface area is 104 Å². The third kappa shape index (κ3) is 3.71. The Morgan fingerprint density at radius 2 is 1.76 bits per heavy atom. The molecule has 0 aliphatic carbocycles. The van der Waals surface area contributed by atoms with E-state index in [0.717, 1.165) is 25.9 Å². The van der Waals surface area contributed by atoms with Crippen LogP contribution in [0.5, 0.6) is 0 Å². The summed E-state index contributed by atoms with van der Waals surface area (Å²) in [6.45, 7) is 5.46. The maximum Gasteiger partial charge on any atom is 0.239 e. The smallest absolute Gasteiger partial charge is 0.239 e. The topological polar surface area (TPSA) is 47.3 Å². The molecule has 17 heavy (non-hydrogen) atoms. The van der Waals surface area contributed by atoms with Gasteiger partial charge in [-0.05, 0) is 33.7 Å². The largest absolute Gasteiger partial charge is 0.341 e. The molecule has 0 spiro atoms. The highest BCUT2D eigenvalue weighted by Gasteiger charge is 2.26. The maximum atomic E-state index is 12.3. The lowest BCUT2D eigenvalue weighted by Crippen LogP contribution is -2.48. The molecule has 1 saturated heterocycles. The van der Waals surface area contributed by atoms with Crippen molar-refractivity contribution < 1.29 is 4.79 Å². The van der Waals surface area contributed by atoms with Crippen molar-refractivity contribution in [2.45, 2.75) is 51.6 Å². The minimum Gasteiger partial charge on any atom is -0.341 e. The molecule has 0 radical (unpaired) electrons. The van der Waals surface area contributed by atoms with Gasteiger partial charge in [-0.25, -0.2) is 0 Å². The summed E-state index contributed by atoms with van der Waals surface area (Å²) in [5.74, 6) is 0.163. The molecular formula is C13H23N3O. The average Bonchev–Trinajstić information content (AvgIpc) is 2.63. The second-order valence-electron chi connectivity index (χ2n) is 4.89. The molecule has 1 amide bonds. The van der Waals surface area contributed by atoms with Gasteiger partial charge >= 0.3 is 0 Å². The van der Waals surface area contributed by atoms with Gasteiger partial charge in [0.25, 0.3) is 0 Å². The van der Waals surface area contributed by atoms with Crippen molar-refractivity contribution in [3.8, 4) is 6.07 Å². The molecule has 1 heterocycles. The number of carbonyl (C=O) groups is 1. The molecule has 2 atom stereocenters. The molecule has 4 heteroatoms. The van der Waals surface area contributed by atoms with Gasteiger partial charge < -0.3 is 4.90 Å². The van der Waals surface area contributed by atoms with Gasteiger partial charge in [0.05, 0.1) is 18.2 Å². The molecule has 0 aromatic carbocycles. The van der Waals surface area contributed by atoms with Gasteiger partial charge in [0.1, 0.15) is 0 Å². The molecule has 0 saturated carbocycles. The quantitative estimate of drug-likeness (QED) is 0.749. The van der Waals surface area contributed by atoms with Crippen molar-refractivity contribution in [2.24, 2.45) is 0 Å². The predicted molar refractivity (Wildman–Crippen MR) is 67.3 cm³/mol. The molecule has 2 unspecified atom stereocenters. The van der Waals surface area contributed by atoms with Crippen molar-refractivity contribution in [1.29, 1.82) is 5.26 Å². The second kappa shape index (κ2) is 6.61. The van der Waals surface area contributed by atoms with Crippen LogP contribution in [-0.4, -0.2) is 47.9 Å². The molecular weight excluding hydrogens is 214 g/mol. The van der Waals surface area contributed by atoms with Crippen molar-refractivity contribution in [2.75, 3.05) is 20.1 Å².